The molecule has 0 aromatic rings. The van der Waals surface area contributed by atoms with Gasteiger partial charge in [-0.1, -0.05) is 0 Å². The monoisotopic (exact) mass is 167 g/mol. The molecule has 0 aliphatic carbocycles. The number of rotatable bonds is 4. The zero-order chi connectivity index (χ0) is 8.20. The van der Waals surface area contributed by atoms with Crippen LogP contribution in [0.25, 0.3) is 0 Å². The molecule has 0 aliphatic heterocycles. The van der Waals surface area contributed by atoms with Crippen molar-refractivity contribution in [2.75, 3.05) is 18.6 Å². The first-order valence-corrected chi connectivity index (χ1v) is 4.60. The summed E-state index contributed by atoms with van der Waals surface area (Å²) in [6.07, 6.45) is 1.19. The molecule has 0 radical (unpaired) electrons. The van der Waals surface area contributed by atoms with Crippen LogP contribution in [0.4, 0.5) is 0 Å². The van der Waals surface area contributed by atoms with E-state index in [1.54, 1.807) is 0 Å². The van der Waals surface area contributed by atoms with Gasteiger partial charge >= 0.3 is 0 Å². The summed E-state index contributed by atoms with van der Waals surface area (Å²) >= 11 is 0. The average molecular weight is 167 g/mol. The van der Waals surface area contributed by atoms with Crippen LogP contribution in [0.1, 0.15) is 0 Å². The number of amides is 1. The Morgan fingerprint density at radius 1 is 1.60 bits per heavy atom. The van der Waals surface area contributed by atoms with Gasteiger partial charge in [-0.05, 0) is 0 Å². The Balaban J connectivity index is 3.66. The van der Waals surface area contributed by atoms with Gasteiger partial charge in [0.25, 0.3) is 0 Å². The first-order valence-electron chi connectivity index (χ1n) is 2.54. The fourth-order valence-corrected chi connectivity index (χ4v) is 0.831. The summed E-state index contributed by atoms with van der Waals surface area (Å²) in [6, 6.07) is 0. The lowest BCUT2D eigenvalue weighted by molar-refractivity contribution is -0.148. The topological polar surface area (TPSA) is 74.7 Å². The Kier molecular flexibility index (Phi) is 3.31. The van der Waals surface area contributed by atoms with Gasteiger partial charge < -0.3 is 0 Å². The predicted molar refractivity (Wildman–Crippen MR) is 34.3 cm³/mol. The lowest BCUT2D eigenvalue weighted by Crippen LogP contribution is -2.24. The van der Waals surface area contributed by atoms with Crippen molar-refractivity contribution in [3.63, 3.8) is 0 Å². The zero-order valence-corrected chi connectivity index (χ0v) is 6.34. The minimum Gasteiger partial charge on any atom is -0.286 e. The largest absolute Gasteiger partial charge is 0.286 e. The molecule has 0 aliphatic rings. The Morgan fingerprint density at radius 3 is 2.40 bits per heavy atom. The molecule has 6 heteroatoms. The molecule has 1 amide bonds. The zero-order valence-electron chi connectivity index (χ0n) is 5.52. The minimum absolute atomic E-state index is 0.158. The first-order chi connectivity index (χ1) is 4.45. The molecule has 0 saturated carbocycles. The van der Waals surface area contributed by atoms with Crippen LogP contribution in [-0.4, -0.2) is 43.7 Å². The molecule has 5 nitrogen and oxygen atoms in total. The van der Waals surface area contributed by atoms with E-state index in [-0.39, 0.29) is 18.7 Å². The van der Waals surface area contributed by atoms with E-state index in [1.807, 2.05) is 0 Å². The number of hydroxylamine groups is 2. The summed E-state index contributed by atoms with van der Waals surface area (Å²) in [5, 5.41) is 8.71. The van der Waals surface area contributed by atoms with E-state index in [0.717, 1.165) is 6.26 Å². The Hall–Kier alpha value is -0.620. The highest BCUT2D eigenvalue weighted by molar-refractivity contribution is 7.90. The van der Waals surface area contributed by atoms with Gasteiger partial charge in [-0.2, -0.15) is 0 Å². The Morgan fingerprint density at radius 2 is 2.10 bits per heavy atom. The van der Waals surface area contributed by atoms with Gasteiger partial charge in [-0.3, -0.25) is 10.0 Å². The fourth-order valence-electron chi connectivity index (χ4n) is 0.312. The minimum atomic E-state index is -3.09. The van der Waals surface area contributed by atoms with Gasteiger partial charge in [0.1, 0.15) is 9.84 Å². The van der Waals surface area contributed by atoms with Crippen molar-refractivity contribution in [3.05, 3.63) is 0 Å². The maximum Gasteiger partial charge on any atom is 0.233 e. The van der Waals surface area contributed by atoms with E-state index in [9.17, 15) is 13.2 Å². The van der Waals surface area contributed by atoms with Crippen LogP contribution in [0.3, 0.4) is 0 Å². The average Bonchev–Trinajstić information content (AvgIpc) is 1.81. The van der Waals surface area contributed by atoms with E-state index >= 15 is 0 Å². The van der Waals surface area contributed by atoms with Crippen LogP contribution >= 0.6 is 0 Å². The third kappa shape index (κ3) is 5.52. The molecule has 0 spiro atoms. The van der Waals surface area contributed by atoms with E-state index in [1.165, 1.54) is 0 Å². The lowest BCUT2D eigenvalue weighted by Gasteiger charge is -2.05. The van der Waals surface area contributed by atoms with Gasteiger partial charge in [-0.25, -0.2) is 13.5 Å². The molecule has 0 bridgehead atoms. The Labute approximate surface area is 59.1 Å². The van der Waals surface area contributed by atoms with Crippen molar-refractivity contribution < 1.29 is 18.4 Å². The van der Waals surface area contributed by atoms with Gasteiger partial charge in [-0.15, -0.1) is 0 Å². The van der Waals surface area contributed by atoms with Gasteiger partial charge in [0.05, 0.1) is 12.3 Å². The number of hydrogen-bond donors (Lipinski definition) is 1. The molecule has 0 rings (SSSR count). The van der Waals surface area contributed by atoms with Crippen LogP contribution in [0.5, 0.6) is 0 Å². The van der Waals surface area contributed by atoms with Gasteiger partial charge in [0.15, 0.2) is 0 Å². The molecule has 0 fully saturated rings. The quantitative estimate of drug-likeness (QED) is 0.327. The van der Waals surface area contributed by atoms with Crippen LogP contribution in [0.15, 0.2) is 0 Å². The third-order valence-corrected chi connectivity index (χ3v) is 1.74. The molecule has 0 atom stereocenters. The van der Waals surface area contributed by atoms with Crippen LogP contribution in [-0.2, 0) is 14.6 Å². The lowest BCUT2D eigenvalue weighted by atomic mass is 10.7. The highest BCUT2D eigenvalue weighted by atomic mass is 32.2. The summed E-state index contributed by atoms with van der Waals surface area (Å²) in [5.41, 5.74) is 0. The molecule has 1 N–H and O–H groups in total. The van der Waals surface area contributed by atoms with Gasteiger partial charge in [0.2, 0.25) is 6.41 Å². The van der Waals surface area contributed by atoms with Crippen molar-refractivity contribution in [3.8, 4) is 0 Å². The number of sulfone groups is 1. The maximum absolute atomic E-state index is 10.4. The predicted octanol–water partition coefficient (Wildman–Crippen LogP) is -1.12. The van der Waals surface area contributed by atoms with Crippen LogP contribution in [0, 0.1) is 0 Å². The fraction of sp³-hybridized carbons (Fsp3) is 0.750. The van der Waals surface area contributed by atoms with Crippen LogP contribution < -0.4 is 0 Å². The maximum atomic E-state index is 10.4. The first kappa shape index (κ1) is 9.38. The highest BCUT2D eigenvalue weighted by Gasteiger charge is 2.03. The summed E-state index contributed by atoms with van der Waals surface area (Å²) in [6.45, 7) is -0.178. The van der Waals surface area contributed by atoms with Crippen molar-refractivity contribution in [2.24, 2.45) is 0 Å². The summed E-state index contributed by atoms with van der Waals surface area (Å²) < 4.78 is 20.8. The molecule has 0 aromatic carbocycles. The number of carbonyl (C=O) groups excluding carboxylic acids is 1. The smallest absolute Gasteiger partial charge is 0.233 e. The van der Waals surface area contributed by atoms with Crippen molar-refractivity contribution in [1.82, 2.24) is 5.06 Å². The molecule has 10 heavy (non-hydrogen) atoms. The molecule has 0 heterocycles. The number of nitrogens with zero attached hydrogens (tertiary/aromatic N) is 1. The van der Waals surface area contributed by atoms with Crippen molar-refractivity contribution in [2.45, 2.75) is 0 Å². The summed E-state index contributed by atoms with van der Waals surface area (Å²) in [4.78, 5) is 9.70. The normalized spacial score (nSPS) is 11.0. The second-order valence-electron chi connectivity index (χ2n) is 1.90. The molecule has 0 aromatic heterocycles. The molecule has 0 saturated heterocycles. The van der Waals surface area contributed by atoms with E-state index < -0.39 is 9.84 Å². The number of hydrogen-bond acceptors (Lipinski definition) is 4. The van der Waals surface area contributed by atoms with Crippen molar-refractivity contribution in [1.29, 1.82) is 0 Å². The van der Waals surface area contributed by atoms with E-state index in [0.29, 0.717) is 5.06 Å². The van der Waals surface area contributed by atoms with Gasteiger partial charge in [0, 0.05) is 6.26 Å². The molecule has 0 unspecified atom stereocenters. The molecular weight excluding hydrogens is 158 g/mol. The summed E-state index contributed by atoms with van der Waals surface area (Å²) in [5.74, 6) is -0.220. The SMILES string of the molecule is CS(=O)(=O)CCN(O)C=O. The Bertz CT molecular complexity index is 197. The van der Waals surface area contributed by atoms with E-state index in [4.69, 9.17) is 5.21 Å². The van der Waals surface area contributed by atoms with E-state index in [2.05, 4.69) is 0 Å². The number of carbonyl (C=O) groups is 1. The molecular formula is C4H9NO4S. The molecule has 60 valence electrons. The highest BCUT2D eigenvalue weighted by Crippen LogP contribution is 1.83. The van der Waals surface area contributed by atoms with Crippen LogP contribution in [0.2, 0.25) is 0 Å². The second kappa shape index (κ2) is 3.52. The standard InChI is InChI=1S/C4H9NO4S/c1-10(8,9)3-2-5(7)4-6/h4,7H,2-3H2,1H3. The second-order valence-corrected chi connectivity index (χ2v) is 4.16. The summed E-state index contributed by atoms with van der Waals surface area (Å²) in [7, 11) is -3.09. The third-order valence-electron chi connectivity index (χ3n) is 0.813. The van der Waals surface area contributed by atoms with Crippen molar-refractivity contribution >= 4 is 16.2 Å².